The lowest BCUT2D eigenvalue weighted by molar-refractivity contribution is -0.123. The summed E-state index contributed by atoms with van der Waals surface area (Å²) in [6.45, 7) is 9.49. The van der Waals surface area contributed by atoms with Gasteiger partial charge in [-0.3, -0.25) is 4.79 Å². The third-order valence-electron chi connectivity index (χ3n) is 5.66. The third kappa shape index (κ3) is 2.29. The van der Waals surface area contributed by atoms with Crippen LogP contribution in [0.4, 0.5) is 0 Å². The summed E-state index contributed by atoms with van der Waals surface area (Å²) in [5.41, 5.74) is 0.250. The van der Waals surface area contributed by atoms with Gasteiger partial charge < -0.3 is 10.4 Å². The molecule has 104 valence electrons. The quantitative estimate of drug-likeness (QED) is 0.811. The Morgan fingerprint density at radius 3 is 2.06 bits per heavy atom. The van der Waals surface area contributed by atoms with Gasteiger partial charge >= 0.3 is 0 Å². The lowest BCUT2D eigenvalue weighted by atomic mass is 9.87. The van der Waals surface area contributed by atoms with Crippen molar-refractivity contribution in [1.82, 2.24) is 5.32 Å². The summed E-state index contributed by atoms with van der Waals surface area (Å²) in [4.78, 5) is 12.2. The second-order valence-electron chi connectivity index (χ2n) is 7.30. The van der Waals surface area contributed by atoms with Crippen LogP contribution in [0.2, 0.25) is 0 Å². The Bertz CT molecular complexity index is 313. The zero-order valence-corrected chi connectivity index (χ0v) is 12.1. The number of hydrogen-bond donors (Lipinski definition) is 2. The summed E-state index contributed by atoms with van der Waals surface area (Å²) in [7, 11) is 0. The van der Waals surface area contributed by atoms with Crippen LogP contribution >= 0.6 is 0 Å². The zero-order chi connectivity index (χ0) is 13.6. The Hall–Kier alpha value is -0.570. The molecule has 0 atom stereocenters. The molecule has 2 N–H and O–H groups in total. The van der Waals surface area contributed by atoms with Crippen molar-refractivity contribution in [2.75, 3.05) is 6.54 Å². The molecule has 2 aliphatic rings. The van der Waals surface area contributed by atoms with Gasteiger partial charge in [-0.15, -0.1) is 0 Å². The predicted octanol–water partition coefficient (Wildman–Crippen LogP) is 2.34. The number of aliphatic hydroxyl groups excluding tert-OH is 1. The van der Waals surface area contributed by atoms with Gasteiger partial charge in [0.25, 0.3) is 0 Å². The monoisotopic (exact) mass is 253 g/mol. The van der Waals surface area contributed by atoms with Crippen LogP contribution in [0.15, 0.2) is 0 Å². The molecule has 18 heavy (non-hydrogen) atoms. The average molecular weight is 253 g/mol. The normalized spacial score (nSPS) is 34.1. The van der Waals surface area contributed by atoms with Crippen molar-refractivity contribution < 1.29 is 9.90 Å². The minimum Gasteiger partial charge on any atom is -0.393 e. The zero-order valence-electron chi connectivity index (χ0n) is 12.1. The van der Waals surface area contributed by atoms with Gasteiger partial charge in [0.15, 0.2) is 0 Å². The van der Waals surface area contributed by atoms with Gasteiger partial charge in [-0.2, -0.15) is 0 Å². The largest absolute Gasteiger partial charge is 0.393 e. The Morgan fingerprint density at radius 1 is 1.11 bits per heavy atom. The minimum atomic E-state index is -0.113. The van der Waals surface area contributed by atoms with E-state index in [0.717, 1.165) is 32.2 Å². The first-order valence-electron chi connectivity index (χ1n) is 7.22. The maximum absolute atomic E-state index is 12.2. The standard InChI is InChI=1S/C15H27NO2/c1-14(2)12(15(14,3)4)13(18)16-9-10-5-7-11(17)8-6-10/h10-12,17H,5-9H2,1-4H3,(H,16,18). The molecule has 0 aliphatic heterocycles. The molecule has 0 unspecified atom stereocenters. The van der Waals surface area contributed by atoms with Crippen molar-refractivity contribution in [3.63, 3.8) is 0 Å². The molecule has 3 heteroatoms. The molecule has 1 amide bonds. The number of rotatable bonds is 3. The molecule has 2 aliphatic carbocycles. The van der Waals surface area contributed by atoms with Crippen LogP contribution in [-0.4, -0.2) is 23.7 Å². The van der Waals surface area contributed by atoms with E-state index in [1.54, 1.807) is 0 Å². The van der Waals surface area contributed by atoms with Crippen LogP contribution < -0.4 is 5.32 Å². The van der Waals surface area contributed by atoms with Gasteiger partial charge in [-0.25, -0.2) is 0 Å². The van der Waals surface area contributed by atoms with Crippen molar-refractivity contribution in [1.29, 1.82) is 0 Å². The summed E-state index contributed by atoms with van der Waals surface area (Å²) in [5.74, 6) is 0.928. The number of hydrogen-bond acceptors (Lipinski definition) is 2. The van der Waals surface area contributed by atoms with Crippen molar-refractivity contribution in [3.05, 3.63) is 0 Å². The summed E-state index contributed by atoms with van der Waals surface area (Å²) >= 11 is 0. The maximum Gasteiger partial charge on any atom is 0.224 e. The molecule has 3 nitrogen and oxygen atoms in total. The SMILES string of the molecule is CC1(C)C(C(=O)NCC2CCC(O)CC2)C1(C)C. The first-order chi connectivity index (χ1) is 8.26. The summed E-state index contributed by atoms with van der Waals surface area (Å²) in [5, 5.41) is 12.6. The lowest BCUT2D eigenvalue weighted by Crippen LogP contribution is -2.34. The van der Waals surface area contributed by atoms with E-state index in [4.69, 9.17) is 0 Å². The summed E-state index contributed by atoms with van der Waals surface area (Å²) in [6.07, 6.45) is 3.75. The molecule has 0 radical (unpaired) electrons. The highest BCUT2D eigenvalue weighted by Gasteiger charge is 2.68. The first kappa shape index (κ1) is 13.9. The summed E-state index contributed by atoms with van der Waals surface area (Å²) < 4.78 is 0. The Labute approximate surface area is 110 Å². The Morgan fingerprint density at radius 2 is 1.61 bits per heavy atom. The van der Waals surface area contributed by atoms with E-state index < -0.39 is 0 Å². The van der Waals surface area contributed by atoms with Crippen molar-refractivity contribution in [3.8, 4) is 0 Å². The molecule has 0 spiro atoms. The topological polar surface area (TPSA) is 49.3 Å². The molecule has 0 aromatic heterocycles. The first-order valence-corrected chi connectivity index (χ1v) is 7.22. The highest BCUT2D eigenvalue weighted by Crippen LogP contribution is 2.68. The minimum absolute atomic E-state index is 0.113. The molecule has 2 saturated carbocycles. The van der Waals surface area contributed by atoms with Gasteiger partial charge in [0.2, 0.25) is 5.91 Å². The van der Waals surface area contributed by atoms with E-state index in [0.29, 0.717) is 5.92 Å². The van der Waals surface area contributed by atoms with Crippen LogP contribution in [-0.2, 0) is 4.79 Å². The molecular formula is C15H27NO2. The van der Waals surface area contributed by atoms with Crippen molar-refractivity contribution in [2.24, 2.45) is 22.7 Å². The molecular weight excluding hydrogens is 226 g/mol. The van der Waals surface area contributed by atoms with E-state index in [2.05, 4.69) is 33.0 Å². The highest BCUT2D eigenvalue weighted by atomic mass is 16.3. The number of carbonyl (C=O) groups is 1. The molecule has 0 aromatic rings. The van der Waals surface area contributed by atoms with Crippen LogP contribution in [0.1, 0.15) is 53.4 Å². The molecule has 0 saturated heterocycles. The fourth-order valence-corrected chi connectivity index (χ4v) is 3.55. The van der Waals surface area contributed by atoms with Crippen LogP contribution in [0, 0.1) is 22.7 Å². The van der Waals surface area contributed by atoms with E-state index in [-0.39, 0.29) is 28.8 Å². The second-order valence-corrected chi connectivity index (χ2v) is 7.30. The fourth-order valence-electron chi connectivity index (χ4n) is 3.55. The molecule has 0 heterocycles. The molecule has 0 bridgehead atoms. The van der Waals surface area contributed by atoms with Gasteiger partial charge in [0.05, 0.1) is 6.10 Å². The number of aliphatic hydroxyl groups is 1. The van der Waals surface area contributed by atoms with Gasteiger partial charge in [0.1, 0.15) is 0 Å². The molecule has 2 rings (SSSR count). The van der Waals surface area contributed by atoms with Crippen molar-refractivity contribution >= 4 is 5.91 Å². The van der Waals surface area contributed by atoms with Gasteiger partial charge in [-0.1, -0.05) is 27.7 Å². The summed E-state index contributed by atoms with van der Waals surface area (Å²) in [6, 6.07) is 0. The Kier molecular flexibility index (Phi) is 3.48. The molecule has 2 fully saturated rings. The smallest absolute Gasteiger partial charge is 0.224 e. The molecule has 0 aromatic carbocycles. The van der Waals surface area contributed by atoms with E-state index in [9.17, 15) is 9.90 Å². The van der Waals surface area contributed by atoms with Gasteiger partial charge in [0, 0.05) is 12.5 Å². The second kappa shape index (κ2) is 4.52. The van der Waals surface area contributed by atoms with E-state index in [1.807, 2.05) is 0 Å². The number of nitrogens with one attached hydrogen (secondary N) is 1. The van der Waals surface area contributed by atoms with Crippen LogP contribution in [0.5, 0.6) is 0 Å². The van der Waals surface area contributed by atoms with E-state index >= 15 is 0 Å². The van der Waals surface area contributed by atoms with Crippen LogP contribution in [0.25, 0.3) is 0 Å². The van der Waals surface area contributed by atoms with E-state index in [1.165, 1.54) is 0 Å². The third-order valence-corrected chi connectivity index (χ3v) is 5.66. The fraction of sp³-hybridized carbons (Fsp3) is 0.933. The van der Waals surface area contributed by atoms with Crippen LogP contribution in [0.3, 0.4) is 0 Å². The average Bonchev–Trinajstić information content (AvgIpc) is 2.68. The maximum atomic E-state index is 12.2. The van der Waals surface area contributed by atoms with Gasteiger partial charge in [-0.05, 0) is 42.4 Å². The number of carbonyl (C=O) groups excluding carboxylic acids is 1. The predicted molar refractivity (Wildman–Crippen MR) is 72.0 cm³/mol. The number of amides is 1. The Balaban J connectivity index is 1.77. The lowest BCUT2D eigenvalue weighted by Gasteiger charge is -2.25. The van der Waals surface area contributed by atoms with Crippen molar-refractivity contribution in [2.45, 2.75) is 59.5 Å². The highest BCUT2D eigenvalue weighted by molar-refractivity contribution is 5.84.